The molecule has 1 aliphatic heterocycles. The first-order valence-corrected chi connectivity index (χ1v) is 7.27. The standard InChI is InChI=1S/C16H22N3/c1-11(2)19-10-14-6-5-13(8-16(14)18-19)15-7-4-12(3)9-17-15/h6,8,10-12,15,17H,4,7,9H2,1-3H3/q+1/t12-,15+/m1/s1. The molecule has 0 saturated carbocycles. The first kappa shape index (κ1) is 12.6. The minimum Gasteiger partial charge on any atom is -0.307 e. The molecule has 1 N–H and O–H groups in total. The lowest BCUT2D eigenvalue weighted by Crippen LogP contribution is -2.39. The van der Waals surface area contributed by atoms with Crippen LogP contribution >= 0.6 is 0 Å². The first-order chi connectivity index (χ1) is 9.13. The van der Waals surface area contributed by atoms with E-state index in [1.54, 1.807) is 0 Å². The zero-order chi connectivity index (χ0) is 13.4. The molecule has 0 bridgehead atoms. The largest absolute Gasteiger partial charge is 0.307 e. The summed E-state index contributed by atoms with van der Waals surface area (Å²) in [5.74, 6) is 0.792. The highest BCUT2D eigenvalue weighted by molar-refractivity contribution is 5.70. The number of hydrogen-bond acceptors (Lipinski definition) is 2. The number of aromatic nitrogens is 2. The van der Waals surface area contributed by atoms with Crippen molar-refractivity contribution >= 4 is 12.2 Å². The van der Waals surface area contributed by atoms with Gasteiger partial charge in [0, 0.05) is 12.1 Å². The SMILES string of the molecule is CC(C)n1cc2c(n1)C=C([C@@H]1CC[C@@H](C)CN1)[C+]=C2. The summed E-state index contributed by atoms with van der Waals surface area (Å²) in [7, 11) is 0. The summed E-state index contributed by atoms with van der Waals surface area (Å²) in [5.41, 5.74) is 3.53. The molecule has 1 fully saturated rings. The van der Waals surface area contributed by atoms with Crippen molar-refractivity contribution < 1.29 is 0 Å². The molecule has 0 spiro atoms. The summed E-state index contributed by atoms with van der Waals surface area (Å²) in [6.07, 6.45) is 12.3. The van der Waals surface area contributed by atoms with Crippen LogP contribution in [0.5, 0.6) is 0 Å². The van der Waals surface area contributed by atoms with Gasteiger partial charge in [-0.05, 0) is 39.2 Å². The van der Waals surface area contributed by atoms with Crippen LogP contribution in [0.3, 0.4) is 0 Å². The van der Waals surface area contributed by atoms with E-state index < -0.39 is 0 Å². The molecule has 0 radical (unpaired) electrons. The second-order valence-corrected chi connectivity index (χ2v) is 6.08. The van der Waals surface area contributed by atoms with Gasteiger partial charge in [-0.25, -0.2) is 0 Å². The van der Waals surface area contributed by atoms with Crippen LogP contribution in [0.2, 0.25) is 0 Å². The van der Waals surface area contributed by atoms with Crippen LogP contribution < -0.4 is 5.32 Å². The van der Waals surface area contributed by atoms with E-state index in [-0.39, 0.29) is 0 Å². The number of fused-ring (bicyclic) bond motifs is 1. The van der Waals surface area contributed by atoms with E-state index in [4.69, 9.17) is 0 Å². The van der Waals surface area contributed by atoms with Crippen LogP contribution in [0.4, 0.5) is 0 Å². The lowest BCUT2D eigenvalue weighted by atomic mass is 9.89. The molecule has 3 nitrogen and oxygen atoms in total. The van der Waals surface area contributed by atoms with Gasteiger partial charge in [0.1, 0.15) is 17.2 Å². The molecule has 3 heteroatoms. The maximum atomic E-state index is 4.65. The van der Waals surface area contributed by atoms with E-state index in [1.165, 1.54) is 24.0 Å². The summed E-state index contributed by atoms with van der Waals surface area (Å²) in [4.78, 5) is 0. The van der Waals surface area contributed by atoms with Gasteiger partial charge in [-0.3, -0.25) is 4.68 Å². The van der Waals surface area contributed by atoms with E-state index in [2.05, 4.69) is 55.6 Å². The van der Waals surface area contributed by atoms with E-state index in [0.29, 0.717) is 12.1 Å². The number of piperidine rings is 1. The van der Waals surface area contributed by atoms with Crippen molar-refractivity contribution in [2.45, 2.75) is 45.7 Å². The van der Waals surface area contributed by atoms with Gasteiger partial charge in [-0.15, -0.1) is 5.10 Å². The van der Waals surface area contributed by atoms with E-state index in [9.17, 15) is 0 Å². The van der Waals surface area contributed by atoms with Crippen LogP contribution in [0, 0.1) is 12.0 Å². The fourth-order valence-electron chi connectivity index (χ4n) is 2.72. The minimum atomic E-state index is 0.407. The molecule has 1 aromatic heterocycles. The summed E-state index contributed by atoms with van der Waals surface area (Å²) in [6.45, 7) is 7.72. The number of rotatable bonds is 2. The quantitative estimate of drug-likeness (QED) is 0.824. The van der Waals surface area contributed by atoms with Gasteiger partial charge in [0.2, 0.25) is 5.69 Å². The van der Waals surface area contributed by atoms with Gasteiger partial charge in [-0.1, -0.05) is 6.92 Å². The molecule has 2 aliphatic rings. The Hall–Kier alpha value is -1.44. The Kier molecular flexibility index (Phi) is 3.26. The van der Waals surface area contributed by atoms with Crippen molar-refractivity contribution in [3.05, 3.63) is 29.1 Å². The molecular weight excluding hydrogens is 234 g/mol. The van der Waals surface area contributed by atoms with Crippen molar-refractivity contribution in [1.82, 2.24) is 15.1 Å². The topological polar surface area (TPSA) is 29.9 Å². The van der Waals surface area contributed by atoms with Gasteiger partial charge in [0.15, 0.2) is 0 Å². The molecule has 3 rings (SSSR count). The van der Waals surface area contributed by atoms with Crippen molar-refractivity contribution in [1.29, 1.82) is 0 Å². The third-order valence-electron chi connectivity index (χ3n) is 4.04. The zero-order valence-corrected chi connectivity index (χ0v) is 12.0. The van der Waals surface area contributed by atoms with Crippen LogP contribution in [0.25, 0.3) is 12.2 Å². The molecule has 0 aromatic carbocycles. The minimum absolute atomic E-state index is 0.407. The van der Waals surface area contributed by atoms with Crippen molar-refractivity contribution in [2.24, 2.45) is 5.92 Å². The fourth-order valence-corrected chi connectivity index (χ4v) is 2.72. The maximum Gasteiger partial charge on any atom is 0.202 e. The molecule has 100 valence electrons. The monoisotopic (exact) mass is 256 g/mol. The third kappa shape index (κ3) is 2.49. The van der Waals surface area contributed by atoms with Gasteiger partial charge in [0.05, 0.1) is 18.3 Å². The Morgan fingerprint density at radius 1 is 1.42 bits per heavy atom. The second-order valence-electron chi connectivity index (χ2n) is 6.08. The zero-order valence-electron chi connectivity index (χ0n) is 12.0. The molecule has 1 saturated heterocycles. The Balaban J connectivity index is 1.81. The first-order valence-electron chi connectivity index (χ1n) is 7.27. The van der Waals surface area contributed by atoms with E-state index >= 15 is 0 Å². The highest BCUT2D eigenvalue weighted by atomic mass is 15.3. The predicted octanol–water partition coefficient (Wildman–Crippen LogP) is 3.07. The normalized spacial score (nSPS) is 26.0. The maximum absolute atomic E-state index is 4.65. The average Bonchev–Trinajstić information content (AvgIpc) is 2.82. The van der Waals surface area contributed by atoms with Crippen molar-refractivity contribution in [3.63, 3.8) is 0 Å². The molecule has 19 heavy (non-hydrogen) atoms. The number of nitrogens with one attached hydrogen (secondary N) is 1. The summed E-state index contributed by atoms with van der Waals surface area (Å²) < 4.78 is 2.03. The summed E-state index contributed by atoms with van der Waals surface area (Å²) >= 11 is 0. The Labute approximate surface area is 115 Å². The predicted molar refractivity (Wildman–Crippen MR) is 78.5 cm³/mol. The Morgan fingerprint density at radius 3 is 2.95 bits per heavy atom. The average molecular weight is 256 g/mol. The fraction of sp³-hybridized carbons (Fsp3) is 0.562. The van der Waals surface area contributed by atoms with Crippen LogP contribution in [0.15, 0.2) is 11.8 Å². The van der Waals surface area contributed by atoms with Crippen molar-refractivity contribution in [3.8, 4) is 0 Å². The highest BCUT2D eigenvalue weighted by Gasteiger charge is 2.28. The highest BCUT2D eigenvalue weighted by Crippen LogP contribution is 2.26. The van der Waals surface area contributed by atoms with Crippen LogP contribution in [0.1, 0.15) is 50.9 Å². The van der Waals surface area contributed by atoms with Crippen LogP contribution in [-0.4, -0.2) is 22.4 Å². The third-order valence-corrected chi connectivity index (χ3v) is 4.04. The Morgan fingerprint density at radius 2 is 2.26 bits per heavy atom. The number of nitrogens with zero attached hydrogens (tertiary/aromatic N) is 2. The smallest absolute Gasteiger partial charge is 0.202 e. The lowest BCUT2D eigenvalue weighted by molar-refractivity contribution is 0.356. The van der Waals surface area contributed by atoms with Gasteiger partial charge in [-0.2, -0.15) is 0 Å². The molecule has 1 aliphatic carbocycles. The summed E-state index contributed by atoms with van der Waals surface area (Å²) in [5, 5.41) is 8.27. The van der Waals surface area contributed by atoms with Gasteiger partial charge >= 0.3 is 0 Å². The molecule has 0 amide bonds. The van der Waals surface area contributed by atoms with E-state index in [0.717, 1.165) is 18.2 Å². The molecule has 0 unspecified atom stereocenters. The van der Waals surface area contributed by atoms with Gasteiger partial charge in [0.25, 0.3) is 0 Å². The summed E-state index contributed by atoms with van der Waals surface area (Å²) in [6, 6.07) is 0.856. The molecular formula is C16H22N3+. The Bertz CT molecular complexity index is 514. The van der Waals surface area contributed by atoms with Gasteiger partial charge < -0.3 is 5.32 Å². The second kappa shape index (κ2) is 4.92. The van der Waals surface area contributed by atoms with Crippen molar-refractivity contribution in [2.75, 3.05) is 6.54 Å². The molecule has 2 atom stereocenters. The van der Waals surface area contributed by atoms with E-state index in [1.807, 2.05) is 4.68 Å². The molecule has 1 aromatic rings. The van der Waals surface area contributed by atoms with Crippen LogP contribution in [-0.2, 0) is 0 Å². The number of hydrogen-bond donors (Lipinski definition) is 1. The lowest BCUT2D eigenvalue weighted by Gasteiger charge is -2.26. The molecule has 2 heterocycles.